The Morgan fingerprint density at radius 2 is 1.64 bits per heavy atom. The summed E-state index contributed by atoms with van der Waals surface area (Å²) in [5.74, 6) is 2.09. The highest BCUT2D eigenvalue weighted by Gasteiger charge is 2.27. The van der Waals surface area contributed by atoms with Gasteiger partial charge in [-0.15, -0.1) is 0 Å². The summed E-state index contributed by atoms with van der Waals surface area (Å²) in [6.07, 6.45) is 12.5. The summed E-state index contributed by atoms with van der Waals surface area (Å²) < 4.78 is 0. The van der Waals surface area contributed by atoms with Crippen LogP contribution in [0, 0.1) is 11.8 Å². The van der Waals surface area contributed by atoms with Crippen molar-refractivity contribution in [2.45, 2.75) is 64.7 Å². The molecule has 1 fully saturated rings. The Hall–Kier alpha value is -1.37. The minimum atomic E-state index is 0.482. The van der Waals surface area contributed by atoms with Crippen LogP contribution in [0.5, 0.6) is 0 Å². The number of ketones is 1. The molecule has 2 aliphatic carbocycles. The number of hydrogen-bond donors (Lipinski definition) is 0. The first-order valence-corrected chi connectivity index (χ1v) is 9.06. The topological polar surface area (TPSA) is 17.1 Å². The van der Waals surface area contributed by atoms with E-state index in [9.17, 15) is 4.79 Å². The van der Waals surface area contributed by atoms with E-state index >= 15 is 0 Å². The van der Waals surface area contributed by atoms with Crippen LogP contribution in [0.15, 0.2) is 30.3 Å². The van der Waals surface area contributed by atoms with Crippen LogP contribution in [0.2, 0.25) is 0 Å². The molecule has 0 aliphatic heterocycles. The summed E-state index contributed by atoms with van der Waals surface area (Å²) in [5, 5.41) is 0. The van der Waals surface area contributed by atoms with E-state index < -0.39 is 0 Å². The van der Waals surface area contributed by atoms with Crippen molar-refractivity contribution in [3.05, 3.63) is 41.5 Å². The standard InChI is InChI=1S/C21H28O/c1-2-3-16-4-6-17(7-5-16)18-8-10-19(11-9-18)20-12-14-21(22)15-13-20/h4-8,19-20H,2-3,9-15H2,1H3. The van der Waals surface area contributed by atoms with Crippen molar-refractivity contribution < 1.29 is 4.79 Å². The molecule has 0 amide bonds. The maximum Gasteiger partial charge on any atom is 0.132 e. The molecule has 0 bridgehead atoms. The highest BCUT2D eigenvalue weighted by atomic mass is 16.1. The van der Waals surface area contributed by atoms with E-state index in [0.717, 1.165) is 37.5 Å². The average molecular weight is 296 g/mol. The van der Waals surface area contributed by atoms with Crippen molar-refractivity contribution >= 4 is 11.4 Å². The number of carbonyl (C=O) groups excluding carboxylic acids is 1. The van der Waals surface area contributed by atoms with Gasteiger partial charge in [-0.2, -0.15) is 0 Å². The maximum absolute atomic E-state index is 11.4. The van der Waals surface area contributed by atoms with E-state index in [1.807, 2.05) is 0 Å². The lowest BCUT2D eigenvalue weighted by Crippen LogP contribution is -2.23. The zero-order valence-electron chi connectivity index (χ0n) is 13.8. The molecule has 1 heteroatoms. The zero-order chi connectivity index (χ0) is 15.4. The molecule has 22 heavy (non-hydrogen) atoms. The smallest absolute Gasteiger partial charge is 0.132 e. The minimum Gasteiger partial charge on any atom is -0.300 e. The Kier molecular flexibility index (Phi) is 5.12. The molecule has 0 saturated heterocycles. The Morgan fingerprint density at radius 3 is 2.23 bits per heavy atom. The van der Waals surface area contributed by atoms with E-state index in [-0.39, 0.29) is 0 Å². The second-order valence-electron chi connectivity index (χ2n) is 7.09. The van der Waals surface area contributed by atoms with Crippen molar-refractivity contribution in [1.29, 1.82) is 0 Å². The van der Waals surface area contributed by atoms with Gasteiger partial charge in [0.2, 0.25) is 0 Å². The number of benzene rings is 1. The summed E-state index contributed by atoms with van der Waals surface area (Å²) >= 11 is 0. The van der Waals surface area contributed by atoms with Crippen molar-refractivity contribution in [2.75, 3.05) is 0 Å². The van der Waals surface area contributed by atoms with E-state index in [4.69, 9.17) is 0 Å². The number of hydrogen-bond acceptors (Lipinski definition) is 1. The molecule has 118 valence electrons. The summed E-state index contributed by atoms with van der Waals surface area (Å²) in [4.78, 5) is 11.4. The largest absolute Gasteiger partial charge is 0.300 e. The van der Waals surface area contributed by atoms with Crippen LogP contribution in [-0.2, 0) is 11.2 Å². The summed E-state index contributed by atoms with van der Waals surface area (Å²) in [7, 11) is 0. The SMILES string of the molecule is CCCc1ccc(C2=CCC(C3CCC(=O)CC3)CC2)cc1. The van der Waals surface area contributed by atoms with E-state index in [1.54, 1.807) is 0 Å². The Balaban J connectivity index is 1.59. The van der Waals surface area contributed by atoms with Crippen LogP contribution >= 0.6 is 0 Å². The van der Waals surface area contributed by atoms with Crippen molar-refractivity contribution in [3.8, 4) is 0 Å². The van der Waals surface area contributed by atoms with Gasteiger partial charge in [-0.3, -0.25) is 4.79 Å². The average Bonchev–Trinajstić information content (AvgIpc) is 2.57. The maximum atomic E-state index is 11.4. The molecule has 1 nitrogen and oxygen atoms in total. The Labute approximate surface area is 134 Å². The van der Waals surface area contributed by atoms with Gasteiger partial charge in [-0.05, 0) is 67.1 Å². The highest BCUT2D eigenvalue weighted by Crippen LogP contribution is 2.39. The minimum absolute atomic E-state index is 0.482. The molecule has 0 N–H and O–H groups in total. The molecular weight excluding hydrogens is 268 g/mol. The van der Waals surface area contributed by atoms with Gasteiger partial charge in [0.1, 0.15) is 5.78 Å². The first-order valence-electron chi connectivity index (χ1n) is 9.06. The van der Waals surface area contributed by atoms with Crippen LogP contribution < -0.4 is 0 Å². The highest BCUT2D eigenvalue weighted by molar-refractivity contribution is 5.79. The van der Waals surface area contributed by atoms with Crippen LogP contribution in [0.25, 0.3) is 5.57 Å². The van der Waals surface area contributed by atoms with Crippen LogP contribution in [-0.4, -0.2) is 5.78 Å². The van der Waals surface area contributed by atoms with Gasteiger partial charge in [0.05, 0.1) is 0 Å². The molecule has 1 aromatic carbocycles. The fourth-order valence-electron chi connectivity index (χ4n) is 4.15. The quantitative estimate of drug-likeness (QED) is 0.708. The summed E-state index contributed by atoms with van der Waals surface area (Å²) in [6.45, 7) is 2.23. The third-order valence-electron chi connectivity index (χ3n) is 5.57. The molecule has 1 saturated carbocycles. The van der Waals surface area contributed by atoms with E-state index in [2.05, 4.69) is 37.3 Å². The fourth-order valence-corrected chi connectivity index (χ4v) is 4.15. The first kappa shape index (κ1) is 15.5. The van der Waals surface area contributed by atoms with Crippen molar-refractivity contribution in [2.24, 2.45) is 11.8 Å². The normalized spacial score (nSPS) is 23.4. The second-order valence-corrected chi connectivity index (χ2v) is 7.09. The molecule has 2 aliphatic rings. The third-order valence-corrected chi connectivity index (χ3v) is 5.57. The Morgan fingerprint density at radius 1 is 0.955 bits per heavy atom. The molecule has 0 radical (unpaired) electrons. The van der Waals surface area contributed by atoms with E-state index in [0.29, 0.717) is 5.78 Å². The third kappa shape index (κ3) is 3.69. The number of Topliss-reactive ketones (excluding diaryl/α,β-unsaturated/α-hetero) is 1. The van der Waals surface area contributed by atoms with Gasteiger partial charge >= 0.3 is 0 Å². The number of allylic oxidation sites excluding steroid dienone is 2. The monoisotopic (exact) mass is 296 g/mol. The molecule has 0 aromatic heterocycles. The first-order chi connectivity index (χ1) is 10.8. The molecule has 1 unspecified atom stereocenters. The van der Waals surface area contributed by atoms with Gasteiger partial charge in [-0.25, -0.2) is 0 Å². The van der Waals surface area contributed by atoms with Gasteiger partial charge in [-0.1, -0.05) is 43.7 Å². The second kappa shape index (κ2) is 7.26. The molecule has 1 aromatic rings. The zero-order valence-corrected chi connectivity index (χ0v) is 13.8. The Bertz CT molecular complexity index is 528. The lowest BCUT2D eigenvalue weighted by atomic mass is 9.73. The van der Waals surface area contributed by atoms with Crippen LogP contribution in [0.1, 0.15) is 69.4 Å². The lowest BCUT2D eigenvalue weighted by molar-refractivity contribution is -0.121. The van der Waals surface area contributed by atoms with Crippen LogP contribution in [0.3, 0.4) is 0 Å². The predicted molar refractivity (Wildman–Crippen MR) is 92.7 cm³/mol. The predicted octanol–water partition coefficient (Wildman–Crippen LogP) is 5.58. The molecular formula is C21H28O. The summed E-state index contributed by atoms with van der Waals surface area (Å²) in [5.41, 5.74) is 4.40. The summed E-state index contributed by atoms with van der Waals surface area (Å²) in [6, 6.07) is 9.18. The molecule has 0 heterocycles. The molecule has 1 atom stereocenters. The number of carbonyl (C=O) groups is 1. The van der Waals surface area contributed by atoms with Gasteiger partial charge < -0.3 is 0 Å². The van der Waals surface area contributed by atoms with Crippen molar-refractivity contribution in [3.63, 3.8) is 0 Å². The lowest BCUT2D eigenvalue weighted by Gasteiger charge is -2.32. The molecule has 0 spiro atoms. The van der Waals surface area contributed by atoms with Crippen LogP contribution in [0.4, 0.5) is 0 Å². The fraction of sp³-hybridized carbons (Fsp3) is 0.571. The van der Waals surface area contributed by atoms with Gasteiger partial charge in [0.25, 0.3) is 0 Å². The number of rotatable bonds is 4. The van der Waals surface area contributed by atoms with Gasteiger partial charge in [0.15, 0.2) is 0 Å². The van der Waals surface area contributed by atoms with Gasteiger partial charge in [0, 0.05) is 12.8 Å². The molecule has 3 rings (SSSR count). The number of aryl methyl sites for hydroxylation is 1. The van der Waals surface area contributed by atoms with Crippen molar-refractivity contribution in [1.82, 2.24) is 0 Å². The van der Waals surface area contributed by atoms with E-state index in [1.165, 1.54) is 48.8 Å².